The van der Waals surface area contributed by atoms with Crippen molar-refractivity contribution in [3.8, 4) is 0 Å². The Morgan fingerprint density at radius 2 is 2.37 bits per heavy atom. The van der Waals surface area contributed by atoms with Gasteiger partial charge in [-0.1, -0.05) is 0 Å². The number of hydrogen-bond donors (Lipinski definition) is 3. The second-order valence-electron chi connectivity index (χ2n) is 4.03. The van der Waals surface area contributed by atoms with E-state index < -0.39 is 0 Å². The number of fused-ring (bicyclic) bond motifs is 1. The Morgan fingerprint density at radius 1 is 1.47 bits per heavy atom. The maximum atomic E-state index is 9.09. The molecule has 1 atom stereocenters. The first-order chi connectivity index (χ1) is 9.30. The van der Waals surface area contributed by atoms with Crippen LogP contribution in [0.3, 0.4) is 0 Å². The Labute approximate surface area is 109 Å². The molecule has 0 fully saturated rings. The third kappa shape index (κ3) is 2.13. The van der Waals surface area contributed by atoms with E-state index in [0.29, 0.717) is 11.8 Å². The fourth-order valence-corrected chi connectivity index (χ4v) is 1.87. The van der Waals surface area contributed by atoms with Gasteiger partial charge in [-0.3, -0.25) is 20.4 Å². The van der Waals surface area contributed by atoms with Crippen molar-refractivity contribution in [1.29, 1.82) is 0 Å². The van der Waals surface area contributed by atoms with Crippen molar-refractivity contribution in [2.75, 3.05) is 5.32 Å². The maximum absolute atomic E-state index is 9.09. The molecule has 0 aliphatic carbocycles. The van der Waals surface area contributed by atoms with Crippen molar-refractivity contribution in [2.24, 2.45) is 15.0 Å². The summed E-state index contributed by atoms with van der Waals surface area (Å²) >= 11 is 0. The van der Waals surface area contributed by atoms with Crippen molar-refractivity contribution >= 4 is 23.7 Å². The standard InChI is InChI=1S/C11H13N7O/c1-2-18-6-7(5-13-18)14-11-15-9-8(3-4-12-9)10(16-11)17-19/h3-6,9,19H,2H2,1H3,(H2,14,15,16,17). The lowest BCUT2D eigenvalue weighted by Crippen LogP contribution is -2.32. The second-order valence-corrected chi connectivity index (χ2v) is 4.03. The lowest BCUT2D eigenvalue weighted by molar-refractivity contribution is 0.234. The third-order valence-electron chi connectivity index (χ3n) is 2.81. The van der Waals surface area contributed by atoms with E-state index in [1.165, 1.54) is 0 Å². The van der Waals surface area contributed by atoms with E-state index in [2.05, 4.69) is 30.9 Å². The van der Waals surface area contributed by atoms with Crippen LogP contribution in [0.4, 0.5) is 5.69 Å². The smallest absolute Gasteiger partial charge is 0.227 e. The van der Waals surface area contributed by atoms with Crippen LogP contribution in [-0.2, 0) is 6.54 Å². The summed E-state index contributed by atoms with van der Waals surface area (Å²) < 4.78 is 1.79. The van der Waals surface area contributed by atoms with Crippen LogP contribution in [0.1, 0.15) is 6.92 Å². The van der Waals surface area contributed by atoms with Gasteiger partial charge in [0, 0.05) is 24.5 Å². The number of hydrogen-bond acceptors (Lipinski definition) is 7. The van der Waals surface area contributed by atoms with E-state index >= 15 is 0 Å². The van der Waals surface area contributed by atoms with Gasteiger partial charge in [0.05, 0.1) is 11.9 Å². The first-order valence-electron chi connectivity index (χ1n) is 5.90. The topological polar surface area (TPSA) is 99.2 Å². The molecule has 2 aliphatic rings. The molecule has 8 heteroatoms. The van der Waals surface area contributed by atoms with Crippen molar-refractivity contribution in [3.63, 3.8) is 0 Å². The van der Waals surface area contributed by atoms with Gasteiger partial charge in [-0.2, -0.15) is 10.1 Å². The number of rotatable bonds is 2. The molecule has 2 aliphatic heterocycles. The molecule has 19 heavy (non-hydrogen) atoms. The van der Waals surface area contributed by atoms with Gasteiger partial charge in [-0.15, -0.1) is 0 Å². The number of nitrogens with one attached hydrogen (secondary N) is 2. The number of anilines is 1. The van der Waals surface area contributed by atoms with Gasteiger partial charge in [0.1, 0.15) is 0 Å². The van der Waals surface area contributed by atoms with Crippen LogP contribution in [0.2, 0.25) is 0 Å². The molecule has 0 spiro atoms. The molecular formula is C11H13N7O. The lowest BCUT2D eigenvalue weighted by atomic mass is 10.2. The molecule has 0 bridgehead atoms. The molecule has 0 saturated heterocycles. The number of guanidine groups is 1. The number of hydroxylamine groups is 1. The molecule has 0 amide bonds. The molecule has 1 aromatic rings. The van der Waals surface area contributed by atoms with Crippen LogP contribution < -0.4 is 10.8 Å². The molecular weight excluding hydrogens is 246 g/mol. The molecule has 1 unspecified atom stereocenters. The molecule has 3 rings (SSSR count). The number of aryl methyl sites for hydroxylation is 1. The van der Waals surface area contributed by atoms with Gasteiger partial charge in [0.2, 0.25) is 5.96 Å². The summed E-state index contributed by atoms with van der Waals surface area (Å²) in [6, 6.07) is 0. The van der Waals surface area contributed by atoms with Crippen molar-refractivity contribution < 1.29 is 5.21 Å². The fourth-order valence-electron chi connectivity index (χ4n) is 1.87. The quantitative estimate of drug-likeness (QED) is 0.669. The van der Waals surface area contributed by atoms with Crippen LogP contribution in [0, 0.1) is 0 Å². The summed E-state index contributed by atoms with van der Waals surface area (Å²) in [6.07, 6.45) is 6.61. The maximum Gasteiger partial charge on any atom is 0.227 e. The van der Waals surface area contributed by atoms with E-state index in [-0.39, 0.29) is 6.17 Å². The Balaban J connectivity index is 1.83. The highest BCUT2D eigenvalue weighted by Gasteiger charge is 2.25. The average Bonchev–Trinajstić information content (AvgIpc) is 3.06. The van der Waals surface area contributed by atoms with E-state index in [1.807, 2.05) is 13.1 Å². The minimum absolute atomic E-state index is 0.350. The Bertz CT molecular complexity index is 610. The number of aliphatic imine (C=N–C) groups is 3. The molecule has 1 aromatic heterocycles. The highest BCUT2D eigenvalue weighted by molar-refractivity contribution is 6.13. The predicted octanol–water partition coefficient (Wildman–Crippen LogP) is 0.399. The molecule has 98 valence electrons. The van der Waals surface area contributed by atoms with Gasteiger partial charge in [-0.05, 0) is 13.0 Å². The van der Waals surface area contributed by atoms with Gasteiger partial charge in [0.25, 0.3) is 0 Å². The first kappa shape index (κ1) is 11.6. The van der Waals surface area contributed by atoms with Crippen molar-refractivity contribution in [2.45, 2.75) is 19.6 Å². The summed E-state index contributed by atoms with van der Waals surface area (Å²) in [5.41, 5.74) is 3.60. The van der Waals surface area contributed by atoms with Crippen LogP contribution >= 0.6 is 0 Å². The van der Waals surface area contributed by atoms with E-state index in [1.54, 1.807) is 23.2 Å². The summed E-state index contributed by atoms with van der Waals surface area (Å²) in [5, 5.41) is 16.3. The largest absolute Gasteiger partial charge is 0.322 e. The zero-order valence-corrected chi connectivity index (χ0v) is 10.3. The predicted molar refractivity (Wildman–Crippen MR) is 71.7 cm³/mol. The minimum atomic E-state index is -0.351. The van der Waals surface area contributed by atoms with Crippen LogP contribution in [-0.4, -0.2) is 39.2 Å². The monoisotopic (exact) mass is 259 g/mol. The normalized spacial score (nSPS) is 20.5. The van der Waals surface area contributed by atoms with Crippen LogP contribution in [0.15, 0.2) is 39.0 Å². The number of amidine groups is 1. The highest BCUT2D eigenvalue weighted by Crippen LogP contribution is 2.19. The second kappa shape index (κ2) is 4.65. The summed E-state index contributed by atoms with van der Waals surface area (Å²) in [7, 11) is 0. The Hall–Kier alpha value is -2.48. The molecule has 8 nitrogen and oxygen atoms in total. The summed E-state index contributed by atoms with van der Waals surface area (Å²) in [5.74, 6) is 0.733. The lowest BCUT2D eigenvalue weighted by Gasteiger charge is -2.17. The van der Waals surface area contributed by atoms with E-state index in [9.17, 15) is 0 Å². The van der Waals surface area contributed by atoms with Crippen LogP contribution in [0.5, 0.6) is 0 Å². The molecule has 0 radical (unpaired) electrons. The Kier molecular flexibility index (Phi) is 2.84. The van der Waals surface area contributed by atoms with Gasteiger partial charge in [0.15, 0.2) is 12.0 Å². The SMILES string of the molecule is CCn1cc(NC2=NC3N=CC=C3C(NO)=N2)cn1. The van der Waals surface area contributed by atoms with Gasteiger partial charge in [-0.25, -0.2) is 4.99 Å². The van der Waals surface area contributed by atoms with E-state index in [0.717, 1.165) is 17.8 Å². The molecule has 0 saturated carbocycles. The number of allylic oxidation sites excluding steroid dienone is 1. The van der Waals surface area contributed by atoms with Gasteiger partial charge < -0.3 is 5.32 Å². The molecule has 3 heterocycles. The highest BCUT2D eigenvalue weighted by atomic mass is 16.5. The zero-order valence-electron chi connectivity index (χ0n) is 10.3. The average molecular weight is 259 g/mol. The molecule has 3 N–H and O–H groups in total. The Morgan fingerprint density at radius 3 is 3.11 bits per heavy atom. The van der Waals surface area contributed by atoms with Gasteiger partial charge >= 0.3 is 0 Å². The fraction of sp³-hybridized carbons (Fsp3) is 0.273. The van der Waals surface area contributed by atoms with Crippen molar-refractivity contribution in [3.05, 3.63) is 24.0 Å². The minimum Gasteiger partial charge on any atom is -0.322 e. The van der Waals surface area contributed by atoms with E-state index in [4.69, 9.17) is 5.21 Å². The molecule has 0 aromatic carbocycles. The number of aromatic nitrogens is 2. The summed E-state index contributed by atoms with van der Waals surface area (Å²) in [6.45, 7) is 2.80. The van der Waals surface area contributed by atoms with Crippen molar-refractivity contribution in [1.82, 2.24) is 15.3 Å². The zero-order chi connectivity index (χ0) is 13.2. The number of nitrogens with zero attached hydrogens (tertiary/aromatic N) is 5. The van der Waals surface area contributed by atoms with Crippen LogP contribution in [0.25, 0.3) is 0 Å². The third-order valence-corrected chi connectivity index (χ3v) is 2.81. The summed E-state index contributed by atoms with van der Waals surface area (Å²) in [4.78, 5) is 12.7. The first-order valence-corrected chi connectivity index (χ1v) is 5.90.